The van der Waals surface area contributed by atoms with Crippen LogP contribution in [-0.2, 0) is 0 Å². The Hall–Kier alpha value is -1.37. The highest BCUT2D eigenvalue weighted by molar-refractivity contribution is 9.10. The summed E-state index contributed by atoms with van der Waals surface area (Å²) in [5.41, 5.74) is 6.03. The first-order valence-corrected chi connectivity index (χ1v) is 7.62. The van der Waals surface area contributed by atoms with Crippen LogP contribution >= 0.6 is 15.9 Å². The van der Waals surface area contributed by atoms with Gasteiger partial charge < -0.3 is 4.74 Å². The number of aryl methyl sites for hydroxylation is 1. The van der Waals surface area contributed by atoms with Crippen molar-refractivity contribution in [3.8, 4) is 5.75 Å². The zero-order valence-corrected chi connectivity index (χ0v) is 14.3. The van der Waals surface area contributed by atoms with Gasteiger partial charge in [0, 0.05) is 10.5 Å². The van der Waals surface area contributed by atoms with Crippen LogP contribution < -0.4 is 16.0 Å². The highest BCUT2D eigenvalue weighted by atomic mass is 79.9. The molecule has 2 aromatic rings. The number of nitrogens with one attached hydrogen (secondary N) is 1. The van der Waals surface area contributed by atoms with Crippen molar-refractivity contribution in [1.29, 1.82) is 0 Å². The van der Waals surface area contributed by atoms with E-state index < -0.39 is 0 Å². The number of methoxy groups -OCH3 is 1. The van der Waals surface area contributed by atoms with Crippen LogP contribution in [0.4, 0.5) is 0 Å². The fraction of sp³-hybridized carbons (Fsp3) is 0.400. The van der Waals surface area contributed by atoms with Gasteiger partial charge in [0.25, 0.3) is 0 Å². The Morgan fingerprint density at radius 3 is 2.62 bits per heavy atom. The second kappa shape index (κ2) is 6.60. The maximum absolute atomic E-state index is 5.82. The first-order valence-electron chi connectivity index (χ1n) is 6.83. The lowest BCUT2D eigenvalue weighted by molar-refractivity contribution is 0.394. The first kappa shape index (κ1) is 16.0. The molecule has 1 aromatic carbocycles. The minimum absolute atomic E-state index is 0.184. The predicted molar refractivity (Wildman–Crippen MR) is 87.2 cm³/mol. The lowest BCUT2D eigenvalue weighted by Gasteiger charge is -2.21. The summed E-state index contributed by atoms with van der Waals surface area (Å²) in [5.74, 6) is 6.55. The first-order chi connectivity index (χ1) is 9.99. The molecule has 5 nitrogen and oxygen atoms in total. The van der Waals surface area contributed by atoms with Crippen molar-refractivity contribution in [2.75, 3.05) is 7.11 Å². The van der Waals surface area contributed by atoms with Crippen molar-refractivity contribution in [2.24, 2.45) is 5.84 Å². The number of benzene rings is 1. The minimum atomic E-state index is -0.184. The molecule has 0 saturated carbocycles. The van der Waals surface area contributed by atoms with Crippen LogP contribution in [-0.4, -0.2) is 16.9 Å². The molecule has 6 heteroatoms. The van der Waals surface area contributed by atoms with E-state index in [-0.39, 0.29) is 12.1 Å². The summed E-state index contributed by atoms with van der Waals surface area (Å²) in [6.07, 6.45) is 1.73. The van der Waals surface area contributed by atoms with Crippen LogP contribution in [0, 0.1) is 6.92 Å². The number of hydrogen-bond donors (Lipinski definition) is 2. The molecule has 1 heterocycles. The van der Waals surface area contributed by atoms with Gasteiger partial charge in [-0.1, -0.05) is 28.1 Å². The average Bonchev–Trinajstić information content (AvgIpc) is 2.87. The quantitative estimate of drug-likeness (QED) is 0.640. The summed E-state index contributed by atoms with van der Waals surface area (Å²) in [6, 6.07) is 6.20. The summed E-state index contributed by atoms with van der Waals surface area (Å²) in [4.78, 5) is 0. The number of ether oxygens (including phenoxy) is 1. The second-order valence-corrected chi connectivity index (χ2v) is 6.10. The smallest absolute Gasteiger partial charge is 0.161 e. The standard InChI is InChI=1S/C15H21BrN4O/c1-9(2)20-15(13(21-4)8-18-20)14(19-17)11-5-6-12(16)10(3)7-11/h5-9,14,19H,17H2,1-4H3. The third kappa shape index (κ3) is 3.12. The third-order valence-electron chi connectivity index (χ3n) is 3.46. The number of hydrogen-bond acceptors (Lipinski definition) is 4. The van der Waals surface area contributed by atoms with Gasteiger partial charge in [0.05, 0.1) is 19.3 Å². The third-order valence-corrected chi connectivity index (χ3v) is 4.35. The summed E-state index contributed by atoms with van der Waals surface area (Å²) in [6.45, 7) is 6.21. The molecule has 0 aliphatic heterocycles. The number of nitrogens with zero attached hydrogens (tertiary/aromatic N) is 2. The molecule has 0 saturated heterocycles. The molecule has 2 rings (SSSR count). The van der Waals surface area contributed by atoms with Crippen molar-refractivity contribution >= 4 is 15.9 Å². The molecule has 3 N–H and O–H groups in total. The van der Waals surface area contributed by atoms with E-state index in [0.29, 0.717) is 0 Å². The molecule has 0 aliphatic rings. The van der Waals surface area contributed by atoms with Gasteiger partial charge in [-0.25, -0.2) is 5.43 Å². The molecule has 0 aliphatic carbocycles. The van der Waals surface area contributed by atoms with E-state index >= 15 is 0 Å². The predicted octanol–water partition coefficient (Wildman–Crippen LogP) is 3.10. The summed E-state index contributed by atoms with van der Waals surface area (Å²) in [5, 5.41) is 4.41. The van der Waals surface area contributed by atoms with E-state index in [9.17, 15) is 0 Å². The molecule has 1 aromatic heterocycles. The Morgan fingerprint density at radius 2 is 2.10 bits per heavy atom. The molecule has 0 fully saturated rings. The molecule has 1 atom stereocenters. The molecule has 0 bridgehead atoms. The van der Waals surface area contributed by atoms with Crippen molar-refractivity contribution < 1.29 is 4.74 Å². The monoisotopic (exact) mass is 352 g/mol. The number of nitrogens with two attached hydrogens (primary N) is 1. The van der Waals surface area contributed by atoms with E-state index in [4.69, 9.17) is 10.6 Å². The Bertz CT molecular complexity index is 624. The van der Waals surface area contributed by atoms with E-state index in [1.54, 1.807) is 13.3 Å². The lowest BCUT2D eigenvalue weighted by Crippen LogP contribution is -2.31. The minimum Gasteiger partial charge on any atom is -0.493 e. The lowest BCUT2D eigenvalue weighted by atomic mass is 10.0. The molecule has 0 amide bonds. The molecular formula is C15H21BrN4O. The maximum Gasteiger partial charge on any atom is 0.161 e. The van der Waals surface area contributed by atoms with Crippen molar-refractivity contribution in [3.05, 3.63) is 45.7 Å². The van der Waals surface area contributed by atoms with Crippen molar-refractivity contribution in [3.63, 3.8) is 0 Å². The fourth-order valence-electron chi connectivity index (χ4n) is 2.38. The van der Waals surface area contributed by atoms with E-state index in [1.807, 2.05) is 16.8 Å². The van der Waals surface area contributed by atoms with Crippen LogP contribution in [0.1, 0.15) is 42.8 Å². The largest absolute Gasteiger partial charge is 0.493 e. The molecular weight excluding hydrogens is 332 g/mol. The van der Waals surface area contributed by atoms with Crippen LogP contribution in [0.5, 0.6) is 5.75 Å². The van der Waals surface area contributed by atoms with Gasteiger partial charge in [-0.2, -0.15) is 5.10 Å². The SMILES string of the molecule is COc1cnn(C(C)C)c1C(NN)c1ccc(Br)c(C)c1. The van der Waals surface area contributed by atoms with Gasteiger partial charge in [-0.05, 0) is 38.0 Å². The summed E-state index contributed by atoms with van der Waals surface area (Å²) in [7, 11) is 1.64. The number of aromatic nitrogens is 2. The zero-order valence-electron chi connectivity index (χ0n) is 12.7. The maximum atomic E-state index is 5.82. The van der Waals surface area contributed by atoms with Crippen molar-refractivity contribution in [2.45, 2.75) is 32.9 Å². The molecule has 0 radical (unpaired) electrons. The van der Waals surface area contributed by atoms with Crippen LogP contribution in [0.3, 0.4) is 0 Å². The molecule has 114 valence electrons. The van der Waals surface area contributed by atoms with Gasteiger partial charge in [0.15, 0.2) is 5.75 Å². The molecule has 21 heavy (non-hydrogen) atoms. The number of halogens is 1. The van der Waals surface area contributed by atoms with E-state index in [0.717, 1.165) is 27.0 Å². The average molecular weight is 353 g/mol. The highest BCUT2D eigenvalue weighted by Crippen LogP contribution is 2.32. The molecule has 0 spiro atoms. The summed E-state index contributed by atoms with van der Waals surface area (Å²) < 4.78 is 8.45. The van der Waals surface area contributed by atoms with Crippen LogP contribution in [0.25, 0.3) is 0 Å². The Labute approximate surface area is 133 Å². The van der Waals surface area contributed by atoms with Gasteiger partial charge >= 0.3 is 0 Å². The van der Waals surface area contributed by atoms with Gasteiger partial charge in [-0.15, -0.1) is 0 Å². The molecule has 1 unspecified atom stereocenters. The Kier molecular flexibility index (Phi) is 5.03. The van der Waals surface area contributed by atoms with Crippen LogP contribution in [0.15, 0.2) is 28.9 Å². The van der Waals surface area contributed by atoms with Crippen LogP contribution in [0.2, 0.25) is 0 Å². The van der Waals surface area contributed by atoms with Gasteiger partial charge in [0.2, 0.25) is 0 Å². The van der Waals surface area contributed by atoms with Crippen molar-refractivity contribution in [1.82, 2.24) is 15.2 Å². The summed E-state index contributed by atoms with van der Waals surface area (Å²) >= 11 is 3.52. The second-order valence-electron chi connectivity index (χ2n) is 5.24. The number of hydrazine groups is 1. The topological polar surface area (TPSA) is 65.1 Å². The van der Waals surface area contributed by atoms with Gasteiger partial charge in [0.1, 0.15) is 5.69 Å². The van der Waals surface area contributed by atoms with E-state index in [1.165, 1.54) is 0 Å². The zero-order chi connectivity index (χ0) is 15.6. The van der Waals surface area contributed by atoms with Gasteiger partial charge in [-0.3, -0.25) is 10.5 Å². The van der Waals surface area contributed by atoms with E-state index in [2.05, 4.69) is 53.3 Å². The Balaban J connectivity index is 2.55. The fourth-order valence-corrected chi connectivity index (χ4v) is 2.63. The highest BCUT2D eigenvalue weighted by Gasteiger charge is 2.24. The number of rotatable bonds is 5. The normalized spacial score (nSPS) is 12.7. The Morgan fingerprint density at radius 1 is 1.38 bits per heavy atom.